The van der Waals surface area contributed by atoms with Crippen molar-refractivity contribution in [3.05, 3.63) is 65.2 Å². The highest BCUT2D eigenvalue weighted by molar-refractivity contribution is 5.85. The van der Waals surface area contributed by atoms with Crippen molar-refractivity contribution >= 4 is 18.3 Å². The molecule has 5 heteroatoms. The number of aryl methyl sites for hydroxylation is 1. The molecule has 3 N–H and O–H groups in total. The number of benzene rings is 2. The van der Waals surface area contributed by atoms with Gasteiger partial charge in [-0.15, -0.1) is 12.4 Å². The van der Waals surface area contributed by atoms with Gasteiger partial charge >= 0.3 is 0 Å². The van der Waals surface area contributed by atoms with Crippen LogP contribution in [0.25, 0.3) is 0 Å². The second-order valence-electron chi connectivity index (χ2n) is 5.36. The average molecular weight is 335 g/mol. The normalized spacial score (nSPS) is 12.7. The zero-order chi connectivity index (χ0) is 16.1. The van der Waals surface area contributed by atoms with Crippen LogP contribution in [0.15, 0.2) is 48.5 Å². The smallest absolute Gasteiger partial charge is 0.241 e. The number of hydrogen-bond donors (Lipinski definition) is 2. The maximum atomic E-state index is 12.3. The van der Waals surface area contributed by atoms with E-state index in [1.54, 1.807) is 7.11 Å². The van der Waals surface area contributed by atoms with E-state index in [2.05, 4.69) is 5.32 Å². The van der Waals surface area contributed by atoms with Gasteiger partial charge < -0.3 is 15.8 Å². The number of nitrogens with one attached hydrogen (secondary N) is 1. The summed E-state index contributed by atoms with van der Waals surface area (Å²) in [5.41, 5.74) is 8.91. The maximum absolute atomic E-state index is 12.3. The predicted molar refractivity (Wildman–Crippen MR) is 94.9 cm³/mol. The highest BCUT2D eigenvalue weighted by Gasteiger charge is 2.19. The lowest BCUT2D eigenvalue weighted by molar-refractivity contribution is -0.123. The van der Waals surface area contributed by atoms with Crippen molar-refractivity contribution < 1.29 is 9.53 Å². The largest absolute Gasteiger partial charge is 0.496 e. The van der Waals surface area contributed by atoms with E-state index in [0.717, 1.165) is 22.4 Å². The standard InChI is InChI=1S/C18H22N2O2.ClH/c1-12-8-10-14(11-9-12)17(19)18(21)20-13(2)15-6-4-5-7-16(15)22-3;/h4-11,13,17H,19H2,1-3H3,(H,20,21);1H. The Labute approximate surface area is 143 Å². The zero-order valence-electron chi connectivity index (χ0n) is 13.6. The third-order valence-corrected chi connectivity index (χ3v) is 3.68. The van der Waals surface area contributed by atoms with Crippen LogP contribution in [0.2, 0.25) is 0 Å². The fraction of sp³-hybridized carbons (Fsp3) is 0.278. The molecule has 2 atom stereocenters. The summed E-state index contributed by atoms with van der Waals surface area (Å²) in [6.07, 6.45) is 0. The summed E-state index contributed by atoms with van der Waals surface area (Å²) in [6.45, 7) is 3.91. The SMILES string of the molecule is COc1ccccc1C(C)NC(=O)C(N)c1ccc(C)cc1.Cl. The summed E-state index contributed by atoms with van der Waals surface area (Å²) in [4.78, 5) is 12.3. The average Bonchev–Trinajstić information content (AvgIpc) is 2.54. The number of nitrogens with two attached hydrogens (primary N) is 1. The van der Waals surface area contributed by atoms with Crippen LogP contribution in [-0.2, 0) is 4.79 Å². The Balaban J connectivity index is 0.00000264. The molecular formula is C18H23ClN2O2. The van der Waals surface area contributed by atoms with Crippen LogP contribution in [0, 0.1) is 6.92 Å². The number of carbonyl (C=O) groups is 1. The molecular weight excluding hydrogens is 312 g/mol. The Morgan fingerprint density at radius 1 is 1.13 bits per heavy atom. The highest BCUT2D eigenvalue weighted by Crippen LogP contribution is 2.24. The summed E-state index contributed by atoms with van der Waals surface area (Å²) < 4.78 is 5.32. The minimum atomic E-state index is -0.683. The lowest BCUT2D eigenvalue weighted by atomic mass is 10.0. The summed E-state index contributed by atoms with van der Waals surface area (Å²) in [6, 6.07) is 14.4. The summed E-state index contributed by atoms with van der Waals surface area (Å²) in [5, 5.41) is 2.94. The van der Waals surface area contributed by atoms with Crippen molar-refractivity contribution in [3.8, 4) is 5.75 Å². The molecule has 0 spiro atoms. The van der Waals surface area contributed by atoms with Gasteiger partial charge in [-0.1, -0.05) is 48.0 Å². The third-order valence-electron chi connectivity index (χ3n) is 3.68. The number of rotatable bonds is 5. The van der Waals surface area contributed by atoms with Gasteiger partial charge in [-0.3, -0.25) is 4.79 Å². The Kier molecular flexibility index (Phi) is 7.07. The molecule has 0 aliphatic carbocycles. The number of carbonyl (C=O) groups excluding carboxylic acids is 1. The number of amides is 1. The molecule has 2 aromatic carbocycles. The maximum Gasteiger partial charge on any atom is 0.241 e. The molecule has 0 saturated carbocycles. The number of para-hydroxylation sites is 1. The molecule has 2 unspecified atom stereocenters. The molecule has 0 saturated heterocycles. The van der Waals surface area contributed by atoms with Crippen LogP contribution in [-0.4, -0.2) is 13.0 Å². The number of methoxy groups -OCH3 is 1. The highest BCUT2D eigenvalue weighted by atomic mass is 35.5. The van der Waals surface area contributed by atoms with Crippen LogP contribution < -0.4 is 15.8 Å². The van der Waals surface area contributed by atoms with Crippen molar-refractivity contribution in [3.63, 3.8) is 0 Å². The molecule has 0 heterocycles. The molecule has 2 rings (SSSR count). The first-order valence-corrected chi connectivity index (χ1v) is 7.28. The van der Waals surface area contributed by atoms with E-state index in [-0.39, 0.29) is 24.4 Å². The molecule has 1 amide bonds. The first-order valence-electron chi connectivity index (χ1n) is 7.28. The quantitative estimate of drug-likeness (QED) is 0.881. The first-order chi connectivity index (χ1) is 10.5. The van der Waals surface area contributed by atoms with Crippen molar-refractivity contribution in [2.45, 2.75) is 25.9 Å². The van der Waals surface area contributed by atoms with Crippen LogP contribution in [0.3, 0.4) is 0 Å². The van der Waals surface area contributed by atoms with E-state index in [1.165, 1.54) is 0 Å². The molecule has 0 fully saturated rings. The van der Waals surface area contributed by atoms with Gasteiger partial charge in [0.25, 0.3) is 0 Å². The third kappa shape index (κ3) is 4.71. The van der Waals surface area contributed by atoms with Crippen LogP contribution in [0.1, 0.15) is 35.7 Å². The fourth-order valence-electron chi connectivity index (χ4n) is 2.33. The van der Waals surface area contributed by atoms with E-state index in [4.69, 9.17) is 10.5 Å². The zero-order valence-corrected chi connectivity index (χ0v) is 14.4. The Morgan fingerprint density at radius 2 is 1.74 bits per heavy atom. The monoisotopic (exact) mass is 334 g/mol. The Hall–Kier alpha value is -2.04. The van der Waals surface area contributed by atoms with Gasteiger partial charge in [-0.05, 0) is 25.5 Å². The lowest BCUT2D eigenvalue weighted by Gasteiger charge is -2.20. The molecule has 0 aliphatic heterocycles. The van der Waals surface area contributed by atoms with Crippen LogP contribution in [0.4, 0.5) is 0 Å². The minimum absolute atomic E-state index is 0. The second kappa shape index (κ2) is 8.56. The van der Waals surface area contributed by atoms with Gasteiger partial charge in [-0.25, -0.2) is 0 Å². The number of hydrogen-bond acceptors (Lipinski definition) is 3. The predicted octanol–water partition coefficient (Wildman–Crippen LogP) is 3.30. The van der Waals surface area contributed by atoms with Gasteiger partial charge in [0.05, 0.1) is 13.2 Å². The molecule has 23 heavy (non-hydrogen) atoms. The first kappa shape index (κ1) is 19.0. The van der Waals surface area contributed by atoms with Crippen molar-refractivity contribution in [2.24, 2.45) is 5.73 Å². The van der Waals surface area contributed by atoms with Crippen LogP contribution >= 0.6 is 12.4 Å². The molecule has 2 aromatic rings. The molecule has 124 valence electrons. The van der Waals surface area contributed by atoms with Crippen molar-refractivity contribution in [1.82, 2.24) is 5.32 Å². The number of ether oxygens (including phenoxy) is 1. The van der Waals surface area contributed by atoms with E-state index in [1.807, 2.05) is 62.4 Å². The molecule has 0 aliphatic rings. The summed E-state index contributed by atoms with van der Waals surface area (Å²) >= 11 is 0. The topological polar surface area (TPSA) is 64.3 Å². The van der Waals surface area contributed by atoms with Gasteiger partial charge in [0.1, 0.15) is 11.8 Å². The van der Waals surface area contributed by atoms with Gasteiger partial charge in [0, 0.05) is 5.56 Å². The van der Waals surface area contributed by atoms with Gasteiger partial charge in [-0.2, -0.15) is 0 Å². The minimum Gasteiger partial charge on any atom is -0.496 e. The van der Waals surface area contributed by atoms with Crippen molar-refractivity contribution in [2.75, 3.05) is 7.11 Å². The van der Waals surface area contributed by atoms with E-state index in [9.17, 15) is 4.79 Å². The van der Waals surface area contributed by atoms with E-state index < -0.39 is 6.04 Å². The molecule has 4 nitrogen and oxygen atoms in total. The second-order valence-corrected chi connectivity index (χ2v) is 5.36. The summed E-state index contributed by atoms with van der Waals surface area (Å²) in [5.74, 6) is 0.543. The van der Waals surface area contributed by atoms with Crippen molar-refractivity contribution in [1.29, 1.82) is 0 Å². The van der Waals surface area contributed by atoms with Gasteiger partial charge in [0.2, 0.25) is 5.91 Å². The Bertz CT molecular complexity index is 644. The van der Waals surface area contributed by atoms with Crippen LogP contribution in [0.5, 0.6) is 5.75 Å². The molecule has 0 radical (unpaired) electrons. The van der Waals surface area contributed by atoms with E-state index in [0.29, 0.717) is 0 Å². The molecule has 0 aromatic heterocycles. The Morgan fingerprint density at radius 3 is 2.35 bits per heavy atom. The lowest BCUT2D eigenvalue weighted by Crippen LogP contribution is -2.35. The summed E-state index contributed by atoms with van der Waals surface area (Å²) in [7, 11) is 1.62. The van der Waals surface area contributed by atoms with E-state index >= 15 is 0 Å². The molecule has 0 bridgehead atoms. The number of halogens is 1. The van der Waals surface area contributed by atoms with Gasteiger partial charge in [0.15, 0.2) is 0 Å². The fourth-order valence-corrected chi connectivity index (χ4v) is 2.33.